The van der Waals surface area contributed by atoms with Gasteiger partial charge in [0.05, 0.1) is 5.75 Å². The van der Waals surface area contributed by atoms with Crippen LogP contribution in [0.3, 0.4) is 0 Å². The summed E-state index contributed by atoms with van der Waals surface area (Å²) in [6.45, 7) is 5.01. The van der Waals surface area contributed by atoms with Crippen molar-refractivity contribution in [3.63, 3.8) is 0 Å². The van der Waals surface area contributed by atoms with Gasteiger partial charge in [-0.25, -0.2) is 13.2 Å². The van der Waals surface area contributed by atoms with Crippen LogP contribution in [0.1, 0.15) is 42.9 Å². The average molecular weight is 355 g/mol. The van der Waals surface area contributed by atoms with E-state index >= 15 is 0 Å². The van der Waals surface area contributed by atoms with E-state index in [1.165, 1.54) is 6.26 Å². The topological polar surface area (TPSA) is 100 Å². The summed E-state index contributed by atoms with van der Waals surface area (Å²) in [5, 5.41) is 0. The molecule has 1 aliphatic heterocycles. The zero-order chi connectivity index (χ0) is 17.9. The highest BCUT2D eigenvalue weighted by Gasteiger charge is 2.27. The third-order valence-corrected chi connectivity index (χ3v) is 5.07. The Balaban J connectivity index is 2.16. The molecule has 1 aromatic heterocycles. The molecule has 1 amide bonds. The van der Waals surface area contributed by atoms with Gasteiger partial charge >= 0.3 is 5.69 Å². The summed E-state index contributed by atoms with van der Waals surface area (Å²) >= 11 is 0. The van der Waals surface area contributed by atoms with Gasteiger partial charge in [0.1, 0.15) is 15.5 Å². The molecule has 2 heterocycles. The molecule has 2 rings (SSSR count). The van der Waals surface area contributed by atoms with Crippen LogP contribution in [0.4, 0.5) is 0 Å². The highest BCUT2D eigenvalue weighted by atomic mass is 32.2. The Labute approximate surface area is 142 Å². The lowest BCUT2D eigenvalue weighted by Gasteiger charge is -2.32. The SMILES string of the molecule is CC(C)Cc1cc(C(=O)N2CCCC(CS(C)(=O)=O)C2)nc(=O)[nH]1. The third kappa shape index (κ3) is 5.43. The number of nitrogens with one attached hydrogen (secondary N) is 1. The molecule has 1 aromatic rings. The van der Waals surface area contributed by atoms with Gasteiger partial charge in [-0.2, -0.15) is 4.98 Å². The Kier molecular flexibility index (Phi) is 5.79. The largest absolute Gasteiger partial charge is 0.345 e. The summed E-state index contributed by atoms with van der Waals surface area (Å²) in [6, 6.07) is 1.63. The molecule has 0 aromatic carbocycles. The highest BCUT2D eigenvalue weighted by Crippen LogP contribution is 2.19. The Morgan fingerprint density at radius 3 is 2.79 bits per heavy atom. The van der Waals surface area contributed by atoms with E-state index in [4.69, 9.17) is 0 Å². The van der Waals surface area contributed by atoms with Crippen LogP contribution in [0.15, 0.2) is 10.9 Å². The number of piperidine rings is 1. The Bertz CT molecular complexity index is 755. The number of hydrogen-bond acceptors (Lipinski definition) is 5. The zero-order valence-corrected chi connectivity index (χ0v) is 15.2. The molecule has 24 heavy (non-hydrogen) atoms. The van der Waals surface area contributed by atoms with Crippen molar-refractivity contribution in [3.8, 4) is 0 Å². The van der Waals surface area contributed by atoms with Crippen LogP contribution in [-0.2, 0) is 16.3 Å². The molecule has 8 heteroatoms. The van der Waals surface area contributed by atoms with Crippen molar-refractivity contribution in [3.05, 3.63) is 27.9 Å². The quantitative estimate of drug-likeness (QED) is 0.844. The minimum atomic E-state index is -3.07. The third-order valence-electron chi connectivity index (χ3n) is 3.99. The van der Waals surface area contributed by atoms with Crippen LogP contribution < -0.4 is 5.69 Å². The van der Waals surface area contributed by atoms with E-state index in [1.54, 1.807) is 11.0 Å². The van der Waals surface area contributed by atoms with E-state index < -0.39 is 15.5 Å². The molecule has 0 radical (unpaired) electrons. The fourth-order valence-corrected chi connectivity index (χ4v) is 4.27. The van der Waals surface area contributed by atoms with Crippen LogP contribution in [0.5, 0.6) is 0 Å². The van der Waals surface area contributed by atoms with Crippen molar-refractivity contribution in [1.29, 1.82) is 0 Å². The van der Waals surface area contributed by atoms with Crippen molar-refractivity contribution in [1.82, 2.24) is 14.9 Å². The number of likely N-dealkylation sites (tertiary alicyclic amines) is 1. The second-order valence-corrected chi connectivity index (χ2v) is 9.23. The molecule has 0 saturated carbocycles. The monoisotopic (exact) mass is 355 g/mol. The molecule has 1 aliphatic rings. The molecule has 7 nitrogen and oxygen atoms in total. The smallest absolute Gasteiger partial charge is 0.337 e. The number of aromatic nitrogens is 2. The van der Waals surface area contributed by atoms with Crippen molar-refractivity contribution >= 4 is 15.7 Å². The number of carbonyl (C=O) groups excluding carboxylic acids is 1. The number of H-pyrrole nitrogens is 1. The first-order valence-corrected chi connectivity index (χ1v) is 10.3. The van der Waals surface area contributed by atoms with Gasteiger partial charge in [0.2, 0.25) is 0 Å². The van der Waals surface area contributed by atoms with Crippen LogP contribution in [-0.4, -0.2) is 54.3 Å². The van der Waals surface area contributed by atoms with Crippen molar-refractivity contribution in [2.24, 2.45) is 11.8 Å². The molecule has 1 saturated heterocycles. The fraction of sp³-hybridized carbons (Fsp3) is 0.688. The van der Waals surface area contributed by atoms with Gasteiger partial charge in [-0.1, -0.05) is 13.8 Å². The molecule has 1 unspecified atom stereocenters. The van der Waals surface area contributed by atoms with Gasteiger partial charge in [-0.15, -0.1) is 0 Å². The van der Waals surface area contributed by atoms with Crippen LogP contribution >= 0.6 is 0 Å². The summed E-state index contributed by atoms with van der Waals surface area (Å²) in [7, 11) is -3.07. The lowest BCUT2D eigenvalue weighted by Crippen LogP contribution is -2.42. The molecule has 1 N–H and O–H groups in total. The summed E-state index contributed by atoms with van der Waals surface area (Å²) in [5.41, 5.74) is 0.300. The van der Waals surface area contributed by atoms with Gasteiger partial charge in [-0.3, -0.25) is 4.79 Å². The molecule has 0 aliphatic carbocycles. The minimum absolute atomic E-state index is 0.0603. The van der Waals surface area contributed by atoms with Crippen LogP contribution in [0, 0.1) is 11.8 Å². The Hall–Kier alpha value is -1.70. The summed E-state index contributed by atoms with van der Waals surface area (Å²) in [4.78, 5) is 32.4. The summed E-state index contributed by atoms with van der Waals surface area (Å²) < 4.78 is 23.0. The molecular weight excluding hydrogens is 330 g/mol. The first-order chi connectivity index (χ1) is 11.1. The maximum absolute atomic E-state index is 12.7. The van der Waals surface area contributed by atoms with Crippen molar-refractivity contribution < 1.29 is 13.2 Å². The Morgan fingerprint density at radius 1 is 1.46 bits per heavy atom. The van der Waals surface area contributed by atoms with E-state index in [0.29, 0.717) is 31.1 Å². The summed E-state index contributed by atoms with van der Waals surface area (Å²) in [6.07, 6.45) is 3.42. The molecule has 134 valence electrons. The number of rotatable bonds is 5. The van der Waals surface area contributed by atoms with E-state index in [2.05, 4.69) is 9.97 Å². The predicted molar refractivity (Wildman–Crippen MR) is 91.7 cm³/mol. The number of amides is 1. The Morgan fingerprint density at radius 2 is 2.17 bits per heavy atom. The first kappa shape index (κ1) is 18.6. The standard InChI is InChI=1S/C16H25N3O4S/c1-11(2)7-13-8-14(18-16(21)17-13)15(20)19-6-4-5-12(9-19)10-24(3,22)23/h8,11-12H,4-7,9-10H2,1-3H3,(H,17,18,21). The van der Waals surface area contributed by atoms with Crippen molar-refractivity contribution in [2.45, 2.75) is 33.1 Å². The van der Waals surface area contributed by atoms with Crippen LogP contribution in [0.2, 0.25) is 0 Å². The number of nitrogens with zero attached hydrogens (tertiary/aromatic N) is 2. The molecule has 0 spiro atoms. The number of sulfone groups is 1. The van der Waals surface area contributed by atoms with Gasteiger partial charge in [-0.05, 0) is 37.2 Å². The molecule has 1 atom stereocenters. The second-order valence-electron chi connectivity index (χ2n) is 7.05. The maximum Gasteiger partial charge on any atom is 0.345 e. The first-order valence-electron chi connectivity index (χ1n) is 8.21. The highest BCUT2D eigenvalue weighted by molar-refractivity contribution is 7.90. The average Bonchev–Trinajstić information content (AvgIpc) is 2.43. The zero-order valence-electron chi connectivity index (χ0n) is 14.4. The molecule has 0 bridgehead atoms. The number of hydrogen-bond donors (Lipinski definition) is 1. The normalized spacial score (nSPS) is 18.8. The van der Waals surface area contributed by atoms with E-state index in [-0.39, 0.29) is 23.3 Å². The second kappa shape index (κ2) is 7.46. The van der Waals surface area contributed by atoms with Gasteiger partial charge < -0.3 is 9.88 Å². The van der Waals surface area contributed by atoms with Gasteiger partial charge in [0, 0.05) is 25.0 Å². The fourth-order valence-electron chi connectivity index (χ4n) is 3.14. The predicted octanol–water partition coefficient (Wildman–Crippen LogP) is 0.865. The number of carbonyl (C=O) groups is 1. The lowest BCUT2D eigenvalue weighted by atomic mass is 9.99. The van der Waals surface area contributed by atoms with E-state index in [9.17, 15) is 18.0 Å². The van der Waals surface area contributed by atoms with Crippen LogP contribution in [0.25, 0.3) is 0 Å². The van der Waals surface area contributed by atoms with E-state index in [1.807, 2.05) is 13.8 Å². The summed E-state index contributed by atoms with van der Waals surface area (Å²) in [5.74, 6) is 0.0670. The maximum atomic E-state index is 12.7. The van der Waals surface area contributed by atoms with E-state index in [0.717, 1.165) is 12.8 Å². The minimum Gasteiger partial charge on any atom is -0.337 e. The van der Waals surface area contributed by atoms with Gasteiger partial charge in [0.15, 0.2) is 0 Å². The molecular formula is C16H25N3O4S. The van der Waals surface area contributed by atoms with Gasteiger partial charge in [0.25, 0.3) is 5.91 Å². The number of aromatic amines is 1. The molecule has 1 fully saturated rings. The lowest BCUT2D eigenvalue weighted by molar-refractivity contribution is 0.0677. The van der Waals surface area contributed by atoms with Crippen molar-refractivity contribution in [2.75, 3.05) is 25.1 Å².